The van der Waals surface area contributed by atoms with E-state index in [2.05, 4.69) is 39.3 Å². The number of nitrogens with one attached hydrogen (secondary N) is 2. The minimum Gasteiger partial charge on any atom is -0.468 e. The van der Waals surface area contributed by atoms with Crippen LogP contribution in [0.4, 0.5) is 5.69 Å². The van der Waals surface area contributed by atoms with Gasteiger partial charge >= 0.3 is 5.97 Å². The van der Waals surface area contributed by atoms with Gasteiger partial charge in [0.15, 0.2) is 0 Å². The molecular formula is C22H17ClIN3O4S. The number of thioether (sulfide) groups is 1. The molecule has 2 atom stereocenters. The molecule has 2 aromatic carbocycles. The molecule has 0 unspecified atom stereocenters. The molecule has 10 heteroatoms. The number of methoxy groups -OCH3 is 1. The highest BCUT2D eigenvalue weighted by atomic mass is 127. The summed E-state index contributed by atoms with van der Waals surface area (Å²) in [5, 5.41) is 15.8. The zero-order valence-electron chi connectivity index (χ0n) is 16.7. The van der Waals surface area contributed by atoms with E-state index in [-0.39, 0.29) is 22.3 Å². The highest BCUT2D eigenvalue weighted by molar-refractivity contribution is 14.1. The first-order valence-electron chi connectivity index (χ1n) is 9.31. The second kappa shape index (κ2) is 10.8. The number of amides is 2. The quantitative estimate of drug-likeness (QED) is 0.303. The van der Waals surface area contributed by atoms with Crippen LogP contribution in [0.3, 0.4) is 0 Å². The summed E-state index contributed by atoms with van der Waals surface area (Å²) >= 11 is 9.50. The lowest BCUT2D eigenvalue weighted by Crippen LogP contribution is -2.44. The maximum absolute atomic E-state index is 12.8. The minimum atomic E-state index is -1.28. The summed E-state index contributed by atoms with van der Waals surface area (Å²) in [7, 11) is 1.17. The van der Waals surface area contributed by atoms with Gasteiger partial charge in [-0.05, 0) is 58.5 Å². The first-order chi connectivity index (χ1) is 15.3. The first-order valence-corrected chi connectivity index (χ1v) is 11.8. The van der Waals surface area contributed by atoms with Gasteiger partial charge in [-0.15, -0.1) is 0 Å². The third-order valence-electron chi connectivity index (χ3n) is 4.70. The number of rotatable bonds is 6. The number of anilines is 1. The second-order valence-electron chi connectivity index (χ2n) is 6.69. The number of hydrogen-bond donors (Lipinski definition) is 2. The van der Waals surface area contributed by atoms with Crippen LogP contribution >= 0.6 is 46.0 Å². The largest absolute Gasteiger partial charge is 0.468 e. The van der Waals surface area contributed by atoms with Crippen LogP contribution in [0.1, 0.15) is 11.5 Å². The number of allylic oxidation sites excluding steroid dienone is 1. The van der Waals surface area contributed by atoms with Gasteiger partial charge in [-0.2, -0.15) is 5.26 Å². The zero-order valence-corrected chi connectivity index (χ0v) is 20.5. The van der Waals surface area contributed by atoms with Crippen molar-refractivity contribution < 1.29 is 19.1 Å². The number of hydrogen-bond acceptors (Lipinski definition) is 6. The summed E-state index contributed by atoms with van der Waals surface area (Å²) < 4.78 is 5.84. The Morgan fingerprint density at radius 2 is 1.94 bits per heavy atom. The predicted octanol–water partition coefficient (Wildman–Crippen LogP) is 4.05. The fourth-order valence-electron chi connectivity index (χ4n) is 3.25. The molecule has 164 valence electrons. The van der Waals surface area contributed by atoms with Crippen LogP contribution < -0.4 is 10.6 Å². The van der Waals surface area contributed by atoms with E-state index < -0.39 is 23.7 Å². The van der Waals surface area contributed by atoms with Gasteiger partial charge in [0.05, 0.1) is 29.5 Å². The van der Waals surface area contributed by atoms with Crippen molar-refractivity contribution in [2.45, 2.75) is 5.92 Å². The fraction of sp³-hybridized carbons (Fsp3) is 0.182. The predicted molar refractivity (Wildman–Crippen MR) is 131 cm³/mol. The highest BCUT2D eigenvalue weighted by Gasteiger charge is 2.45. The molecule has 3 rings (SSSR count). The van der Waals surface area contributed by atoms with Crippen LogP contribution in [0, 0.1) is 20.8 Å². The normalized spacial score (nSPS) is 17.9. The first kappa shape index (κ1) is 24.1. The molecule has 2 N–H and O–H groups in total. The van der Waals surface area contributed by atoms with E-state index >= 15 is 0 Å². The monoisotopic (exact) mass is 581 g/mol. The summed E-state index contributed by atoms with van der Waals surface area (Å²) in [4.78, 5) is 37.6. The van der Waals surface area contributed by atoms with Gasteiger partial charge < -0.3 is 15.4 Å². The van der Waals surface area contributed by atoms with Crippen LogP contribution in [0.2, 0.25) is 5.02 Å². The number of benzene rings is 2. The topological polar surface area (TPSA) is 108 Å². The van der Waals surface area contributed by atoms with Gasteiger partial charge in [0, 0.05) is 20.2 Å². The number of nitrogens with zero attached hydrogens (tertiary/aromatic N) is 1. The molecule has 32 heavy (non-hydrogen) atoms. The maximum atomic E-state index is 12.8. The summed E-state index contributed by atoms with van der Waals surface area (Å²) in [5.74, 6) is -3.97. The molecule has 2 aromatic rings. The van der Waals surface area contributed by atoms with Crippen molar-refractivity contribution in [1.29, 1.82) is 5.26 Å². The van der Waals surface area contributed by atoms with E-state index in [1.54, 1.807) is 36.4 Å². The summed E-state index contributed by atoms with van der Waals surface area (Å²) in [6.45, 7) is 0. The molecule has 1 aliphatic heterocycles. The van der Waals surface area contributed by atoms with Gasteiger partial charge in [0.2, 0.25) is 11.8 Å². The van der Waals surface area contributed by atoms with Crippen LogP contribution in [0.5, 0.6) is 0 Å². The molecule has 0 aromatic heterocycles. The summed E-state index contributed by atoms with van der Waals surface area (Å²) in [6, 6.07) is 16.1. The molecule has 0 radical (unpaired) electrons. The Hall–Kier alpha value is -2.55. The van der Waals surface area contributed by atoms with Crippen LogP contribution in [0.25, 0.3) is 0 Å². The lowest BCUT2D eigenvalue weighted by atomic mass is 9.78. The van der Waals surface area contributed by atoms with Crippen LogP contribution in [-0.2, 0) is 19.1 Å². The average molecular weight is 582 g/mol. The summed E-state index contributed by atoms with van der Waals surface area (Å²) in [5.41, 5.74) is 1.23. The van der Waals surface area contributed by atoms with Crippen molar-refractivity contribution in [3.05, 3.63) is 73.3 Å². The molecule has 0 saturated heterocycles. The second-order valence-corrected chi connectivity index (χ2v) is 9.33. The van der Waals surface area contributed by atoms with E-state index in [9.17, 15) is 19.6 Å². The Bertz CT molecular complexity index is 1130. The molecule has 1 aliphatic rings. The van der Waals surface area contributed by atoms with Crippen molar-refractivity contribution >= 4 is 69.4 Å². The number of esters is 1. The number of ether oxygens (including phenoxy) is 1. The van der Waals surface area contributed by atoms with E-state index in [1.165, 1.54) is 7.11 Å². The van der Waals surface area contributed by atoms with Crippen LogP contribution in [-0.4, -0.2) is 30.6 Å². The van der Waals surface area contributed by atoms with E-state index in [0.29, 0.717) is 16.3 Å². The van der Waals surface area contributed by atoms with E-state index in [1.807, 2.05) is 12.1 Å². The number of halogens is 2. The SMILES string of the molecule is COC(=O)[C@@H]1C(=O)NC(SCC(=O)Nc2ccc(I)cc2)=C(C#N)[C@H]1c1ccccc1Cl. The van der Waals surface area contributed by atoms with Crippen molar-refractivity contribution in [1.82, 2.24) is 5.32 Å². The molecule has 0 saturated carbocycles. The third kappa shape index (κ3) is 5.43. The third-order valence-corrected chi connectivity index (χ3v) is 6.78. The van der Waals surface area contributed by atoms with Crippen molar-refractivity contribution in [3.63, 3.8) is 0 Å². The number of carbonyl (C=O) groups is 3. The number of nitriles is 1. The van der Waals surface area contributed by atoms with Gasteiger partial charge in [-0.25, -0.2) is 0 Å². The van der Waals surface area contributed by atoms with Gasteiger partial charge in [0.1, 0.15) is 5.92 Å². The van der Waals surface area contributed by atoms with Crippen molar-refractivity contribution in [2.24, 2.45) is 5.92 Å². The van der Waals surface area contributed by atoms with Crippen molar-refractivity contribution in [2.75, 3.05) is 18.2 Å². The Balaban J connectivity index is 1.89. The summed E-state index contributed by atoms with van der Waals surface area (Å²) in [6.07, 6.45) is 0. The molecule has 0 aliphatic carbocycles. The Morgan fingerprint density at radius 1 is 1.25 bits per heavy atom. The standard InChI is InChI=1S/C22H17ClIN3O4S/c1-31-22(30)19-18(14-4-2-3-5-16(14)23)15(10-25)21(27-20(19)29)32-11-17(28)26-13-8-6-12(24)7-9-13/h2-9,18-19H,11H2,1H3,(H,26,28)(H,27,29)/t18-,19+/m1/s1. The lowest BCUT2D eigenvalue weighted by Gasteiger charge is -2.31. The zero-order chi connectivity index (χ0) is 23.3. The van der Waals surface area contributed by atoms with Gasteiger partial charge in [-0.1, -0.05) is 41.6 Å². The molecular weight excluding hydrogens is 565 g/mol. The van der Waals surface area contributed by atoms with Crippen molar-refractivity contribution in [3.8, 4) is 6.07 Å². The molecule has 0 bridgehead atoms. The molecule has 2 amide bonds. The Kier molecular flexibility index (Phi) is 8.17. The Labute approximate surface area is 207 Å². The average Bonchev–Trinajstić information content (AvgIpc) is 2.78. The van der Waals surface area contributed by atoms with Gasteiger partial charge in [0.25, 0.3) is 0 Å². The molecule has 0 fully saturated rings. The number of carbonyl (C=O) groups excluding carboxylic acids is 3. The minimum absolute atomic E-state index is 0.0507. The van der Waals surface area contributed by atoms with E-state index in [4.69, 9.17) is 16.3 Å². The van der Waals surface area contributed by atoms with E-state index in [0.717, 1.165) is 15.3 Å². The molecule has 1 heterocycles. The molecule has 7 nitrogen and oxygen atoms in total. The smallest absolute Gasteiger partial charge is 0.319 e. The highest BCUT2D eigenvalue weighted by Crippen LogP contribution is 2.42. The molecule has 0 spiro atoms. The Morgan fingerprint density at radius 3 is 2.56 bits per heavy atom. The maximum Gasteiger partial charge on any atom is 0.319 e. The lowest BCUT2D eigenvalue weighted by molar-refractivity contribution is -0.150. The van der Waals surface area contributed by atoms with Crippen LogP contribution in [0.15, 0.2) is 59.1 Å². The van der Waals surface area contributed by atoms with Gasteiger partial charge in [-0.3, -0.25) is 14.4 Å². The fourth-order valence-corrected chi connectivity index (χ4v) is 4.71.